The van der Waals surface area contributed by atoms with Crippen LogP contribution in [0.5, 0.6) is 5.75 Å². The summed E-state index contributed by atoms with van der Waals surface area (Å²) in [5.74, 6) is 1.25. The summed E-state index contributed by atoms with van der Waals surface area (Å²) in [5.41, 5.74) is 1.06. The third kappa shape index (κ3) is 5.42. The molecule has 1 aliphatic rings. The van der Waals surface area contributed by atoms with E-state index in [1.165, 1.54) is 0 Å². The number of ether oxygens (including phenoxy) is 1. The number of urea groups is 1. The molecular weight excluding hydrogens is 316 g/mol. The summed E-state index contributed by atoms with van der Waals surface area (Å²) in [4.78, 5) is 13.5. The molecule has 1 aromatic rings. The van der Waals surface area contributed by atoms with E-state index in [0.717, 1.165) is 11.3 Å². The molecule has 1 N–H and O–H groups in total. The van der Waals surface area contributed by atoms with E-state index in [2.05, 4.69) is 5.32 Å². The summed E-state index contributed by atoms with van der Waals surface area (Å²) in [7, 11) is -1.20. The van der Waals surface area contributed by atoms with Crippen molar-refractivity contribution in [2.45, 2.75) is 13.3 Å². The maximum Gasteiger partial charge on any atom is 0.317 e. The predicted molar refractivity (Wildman–Crippen MR) is 89.5 cm³/mol. The van der Waals surface area contributed by atoms with Crippen LogP contribution in [0.2, 0.25) is 0 Å². The number of hydrogen-bond donors (Lipinski definition) is 1. The van der Waals surface area contributed by atoms with Crippen molar-refractivity contribution in [1.29, 1.82) is 0 Å². The number of aryl methyl sites for hydroxylation is 1. The Kier molecular flexibility index (Phi) is 5.87. The standard InChI is InChI=1S/C16H24N2O4S/c1-13-5-3-4-6-15(13)22-9-8-18(2)16(19)17-11-14-7-10-23(20,21)12-14/h3-6,14H,7-12H2,1-2H3,(H,17,19)/t14-/m1/s1. The smallest absolute Gasteiger partial charge is 0.317 e. The van der Waals surface area contributed by atoms with Gasteiger partial charge in [-0.2, -0.15) is 0 Å². The van der Waals surface area contributed by atoms with Crippen LogP contribution in [0.4, 0.5) is 4.79 Å². The van der Waals surface area contributed by atoms with Gasteiger partial charge in [0.05, 0.1) is 18.1 Å². The fourth-order valence-corrected chi connectivity index (χ4v) is 4.37. The van der Waals surface area contributed by atoms with Gasteiger partial charge in [0.1, 0.15) is 12.4 Å². The Labute approximate surface area is 137 Å². The van der Waals surface area contributed by atoms with Gasteiger partial charge in [0, 0.05) is 13.6 Å². The molecule has 0 bridgehead atoms. The zero-order chi connectivity index (χ0) is 16.9. The molecule has 0 aromatic heterocycles. The lowest BCUT2D eigenvalue weighted by molar-refractivity contribution is 0.194. The van der Waals surface area contributed by atoms with E-state index in [4.69, 9.17) is 4.74 Å². The van der Waals surface area contributed by atoms with E-state index in [1.807, 2.05) is 31.2 Å². The van der Waals surface area contributed by atoms with Gasteiger partial charge in [-0.05, 0) is 30.9 Å². The number of nitrogens with one attached hydrogen (secondary N) is 1. The van der Waals surface area contributed by atoms with E-state index >= 15 is 0 Å². The van der Waals surface area contributed by atoms with Crippen LogP contribution in [0, 0.1) is 12.8 Å². The Bertz CT molecular complexity index is 645. The second-order valence-electron chi connectivity index (χ2n) is 5.99. The average molecular weight is 340 g/mol. The van der Waals surface area contributed by atoms with E-state index in [0.29, 0.717) is 26.1 Å². The molecule has 1 atom stereocenters. The number of hydrogen-bond acceptors (Lipinski definition) is 4. The monoisotopic (exact) mass is 340 g/mol. The first kappa shape index (κ1) is 17.6. The molecule has 0 radical (unpaired) electrons. The van der Waals surface area contributed by atoms with Crippen LogP contribution in [-0.2, 0) is 9.84 Å². The van der Waals surface area contributed by atoms with Crippen molar-refractivity contribution in [2.75, 3.05) is 38.2 Å². The number of amides is 2. The van der Waals surface area contributed by atoms with Crippen molar-refractivity contribution < 1.29 is 17.9 Å². The van der Waals surface area contributed by atoms with Gasteiger partial charge in [-0.25, -0.2) is 13.2 Å². The lowest BCUT2D eigenvalue weighted by Crippen LogP contribution is -2.41. The molecule has 0 aliphatic carbocycles. The van der Waals surface area contributed by atoms with E-state index in [1.54, 1.807) is 11.9 Å². The van der Waals surface area contributed by atoms with Crippen LogP contribution in [0.3, 0.4) is 0 Å². The number of nitrogens with zero attached hydrogens (tertiary/aromatic N) is 1. The van der Waals surface area contributed by atoms with Crippen LogP contribution in [0.15, 0.2) is 24.3 Å². The molecule has 1 aliphatic heterocycles. The minimum atomic E-state index is -2.90. The zero-order valence-electron chi connectivity index (χ0n) is 13.6. The van der Waals surface area contributed by atoms with E-state index < -0.39 is 9.84 Å². The summed E-state index contributed by atoms with van der Waals surface area (Å²) in [5, 5.41) is 2.79. The number of carbonyl (C=O) groups excluding carboxylic acids is 1. The van der Waals surface area contributed by atoms with E-state index in [-0.39, 0.29) is 23.5 Å². The largest absolute Gasteiger partial charge is 0.491 e. The second-order valence-corrected chi connectivity index (χ2v) is 8.22. The summed E-state index contributed by atoms with van der Waals surface area (Å²) in [6.45, 7) is 3.25. The van der Waals surface area contributed by atoms with Crippen molar-refractivity contribution in [3.05, 3.63) is 29.8 Å². The molecule has 7 heteroatoms. The minimum absolute atomic E-state index is 0.0283. The Morgan fingerprint density at radius 3 is 2.78 bits per heavy atom. The third-order valence-corrected chi connectivity index (χ3v) is 5.83. The van der Waals surface area contributed by atoms with Crippen molar-refractivity contribution in [2.24, 2.45) is 5.92 Å². The van der Waals surface area contributed by atoms with Gasteiger partial charge in [0.15, 0.2) is 9.84 Å². The molecular formula is C16H24N2O4S. The molecule has 1 fully saturated rings. The van der Waals surface area contributed by atoms with Crippen molar-refractivity contribution in [1.82, 2.24) is 10.2 Å². The number of rotatable bonds is 6. The maximum absolute atomic E-state index is 12.0. The quantitative estimate of drug-likeness (QED) is 0.850. The third-order valence-electron chi connectivity index (χ3n) is 3.99. The molecule has 0 spiro atoms. The number of benzene rings is 1. The first-order valence-electron chi connectivity index (χ1n) is 7.75. The molecule has 1 heterocycles. The fourth-order valence-electron chi connectivity index (χ4n) is 2.51. The van der Waals surface area contributed by atoms with Crippen LogP contribution >= 0.6 is 0 Å². The topological polar surface area (TPSA) is 75.7 Å². The van der Waals surface area contributed by atoms with Crippen LogP contribution in [0.1, 0.15) is 12.0 Å². The van der Waals surface area contributed by atoms with Gasteiger partial charge >= 0.3 is 6.03 Å². The fraction of sp³-hybridized carbons (Fsp3) is 0.562. The normalized spacial score (nSPS) is 19.3. The molecule has 2 amide bonds. The SMILES string of the molecule is Cc1ccccc1OCCN(C)C(=O)NC[C@H]1CCS(=O)(=O)C1. The van der Waals surface area contributed by atoms with Gasteiger partial charge in [0.25, 0.3) is 0 Å². The highest BCUT2D eigenvalue weighted by atomic mass is 32.2. The van der Waals surface area contributed by atoms with Crippen LogP contribution in [0.25, 0.3) is 0 Å². The van der Waals surface area contributed by atoms with Gasteiger partial charge in [-0.3, -0.25) is 0 Å². The van der Waals surface area contributed by atoms with Crippen molar-refractivity contribution in [3.63, 3.8) is 0 Å². The summed E-state index contributed by atoms with van der Waals surface area (Å²) in [6.07, 6.45) is 0.628. The molecule has 0 unspecified atom stereocenters. The van der Waals surface area contributed by atoms with Gasteiger partial charge in [-0.1, -0.05) is 18.2 Å². The maximum atomic E-state index is 12.0. The Morgan fingerprint density at radius 1 is 1.39 bits per heavy atom. The molecule has 6 nitrogen and oxygen atoms in total. The van der Waals surface area contributed by atoms with Gasteiger partial charge < -0.3 is 15.0 Å². The summed E-state index contributed by atoms with van der Waals surface area (Å²) < 4.78 is 28.4. The molecule has 1 saturated heterocycles. The Hall–Kier alpha value is -1.76. The minimum Gasteiger partial charge on any atom is -0.491 e. The molecule has 23 heavy (non-hydrogen) atoms. The molecule has 128 valence electrons. The number of carbonyl (C=O) groups is 1. The zero-order valence-corrected chi connectivity index (χ0v) is 14.4. The van der Waals surface area contributed by atoms with E-state index in [9.17, 15) is 13.2 Å². The van der Waals surface area contributed by atoms with Crippen molar-refractivity contribution in [3.8, 4) is 5.75 Å². The van der Waals surface area contributed by atoms with Gasteiger partial charge in [0.2, 0.25) is 0 Å². The Morgan fingerprint density at radius 2 is 2.13 bits per heavy atom. The number of sulfone groups is 1. The van der Waals surface area contributed by atoms with Gasteiger partial charge in [-0.15, -0.1) is 0 Å². The Balaban J connectivity index is 1.68. The van der Waals surface area contributed by atoms with Crippen LogP contribution < -0.4 is 10.1 Å². The predicted octanol–water partition coefficient (Wildman–Crippen LogP) is 1.45. The second kappa shape index (κ2) is 7.68. The van der Waals surface area contributed by atoms with Crippen molar-refractivity contribution >= 4 is 15.9 Å². The number of likely N-dealkylation sites (N-methyl/N-ethyl adjacent to an activating group) is 1. The lowest BCUT2D eigenvalue weighted by atomic mass is 10.1. The highest BCUT2D eigenvalue weighted by Crippen LogP contribution is 2.17. The number of para-hydroxylation sites is 1. The first-order valence-corrected chi connectivity index (χ1v) is 9.57. The first-order chi connectivity index (χ1) is 10.9. The average Bonchev–Trinajstić information content (AvgIpc) is 2.86. The summed E-state index contributed by atoms with van der Waals surface area (Å²) >= 11 is 0. The van der Waals surface area contributed by atoms with Crippen LogP contribution in [-0.4, -0.2) is 57.6 Å². The molecule has 0 saturated carbocycles. The molecule has 1 aromatic carbocycles. The highest BCUT2D eigenvalue weighted by molar-refractivity contribution is 7.91. The highest BCUT2D eigenvalue weighted by Gasteiger charge is 2.28. The summed E-state index contributed by atoms with van der Waals surface area (Å²) in [6, 6.07) is 7.53. The molecule has 2 rings (SSSR count). The lowest BCUT2D eigenvalue weighted by Gasteiger charge is -2.19.